The molecule has 1 aromatic carbocycles. The zero-order chi connectivity index (χ0) is 11.9. The first-order chi connectivity index (χ1) is 7.40. The summed E-state index contributed by atoms with van der Waals surface area (Å²) in [6.45, 7) is 3.44. The van der Waals surface area contributed by atoms with Gasteiger partial charge in [0.1, 0.15) is 5.60 Å². The number of cyclic esters (lactones) is 1. The molecule has 0 fully saturated rings. The van der Waals surface area contributed by atoms with Gasteiger partial charge in [-0.3, -0.25) is 5.32 Å². The van der Waals surface area contributed by atoms with Crippen LogP contribution in [0.5, 0.6) is 0 Å². The maximum atomic E-state index is 11.2. The van der Waals surface area contributed by atoms with Crippen molar-refractivity contribution in [3.05, 3.63) is 29.3 Å². The van der Waals surface area contributed by atoms with Crippen molar-refractivity contribution in [2.45, 2.75) is 19.4 Å². The van der Waals surface area contributed by atoms with Crippen molar-refractivity contribution in [1.82, 2.24) is 0 Å². The van der Waals surface area contributed by atoms with E-state index in [2.05, 4.69) is 5.32 Å². The van der Waals surface area contributed by atoms with Crippen LogP contribution < -0.4 is 5.32 Å². The Labute approximate surface area is 92.0 Å². The third kappa shape index (κ3) is 1.60. The van der Waals surface area contributed by atoms with Crippen LogP contribution in [0.3, 0.4) is 0 Å². The summed E-state index contributed by atoms with van der Waals surface area (Å²) in [6.07, 6.45) is -0.527. The summed E-state index contributed by atoms with van der Waals surface area (Å²) in [5.74, 6) is -1.00. The van der Waals surface area contributed by atoms with Crippen LogP contribution in [0.1, 0.15) is 29.8 Å². The monoisotopic (exact) mass is 221 g/mol. The summed E-state index contributed by atoms with van der Waals surface area (Å²) in [6, 6.07) is 4.53. The van der Waals surface area contributed by atoms with Crippen LogP contribution in [0.4, 0.5) is 10.5 Å². The van der Waals surface area contributed by atoms with Gasteiger partial charge >= 0.3 is 12.1 Å². The SMILES string of the molecule is CC1(C)OC(=O)Nc2ccc(C(=O)O)cc21. The van der Waals surface area contributed by atoms with Gasteiger partial charge in [0, 0.05) is 5.56 Å². The highest BCUT2D eigenvalue weighted by Crippen LogP contribution is 2.35. The second kappa shape index (κ2) is 3.23. The van der Waals surface area contributed by atoms with E-state index in [1.807, 2.05) is 0 Å². The Morgan fingerprint density at radius 2 is 2.12 bits per heavy atom. The first-order valence-corrected chi connectivity index (χ1v) is 4.78. The van der Waals surface area contributed by atoms with Gasteiger partial charge in [0.25, 0.3) is 0 Å². The van der Waals surface area contributed by atoms with Crippen molar-refractivity contribution in [1.29, 1.82) is 0 Å². The highest BCUT2D eigenvalue weighted by atomic mass is 16.6. The molecule has 1 heterocycles. The van der Waals surface area contributed by atoms with Crippen molar-refractivity contribution >= 4 is 17.7 Å². The predicted molar refractivity (Wildman–Crippen MR) is 56.5 cm³/mol. The Morgan fingerprint density at radius 3 is 2.75 bits per heavy atom. The molecule has 0 bridgehead atoms. The van der Waals surface area contributed by atoms with Crippen LogP contribution >= 0.6 is 0 Å². The van der Waals surface area contributed by atoms with E-state index in [-0.39, 0.29) is 5.56 Å². The van der Waals surface area contributed by atoms with Gasteiger partial charge in [-0.2, -0.15) is 0 Å². The topological polar surface area (TPSA) is 75.6 Å². The maximum absolute atomic E-state index is 11.2. The number of hydrogen-bond acceptors (Lipinski definition) is 3. The molecule has 5 heteroatoms. The van der Waals surface area contributed by atoms with Gasteiger partial charge < -0.3 is 9.84 Å². The van der Waals surface area contributed by atoms with Crippen LogP contribution in [0.15, 0.2) is 18.2 Å². The van der Waals surface area contributed by atoms with Crippen molar-refractivity contribution in [3.8, 4) is 0 Å². The van der Waals surface area contributed by atoms with Gasteiger partial charge in [0.2, 0.25) is 0 Å². The first-order valence-electron chi connectivity index (χ1n) is 4.78. The van der Waals surface area contributed by atoms with Gasteiger partial charge in [0.05, 0.1) is 11.3 Å². The summed E-state index contributed by atoms with van der Waals surface area (Å²) < 4.78 is 5.09. The molecule has 1 amide bonds. The number of carbonyl (C=O) groups is 2. The standard InChI is InChI=1S/C11H11NO4/c1-11(2)7-5-6(9(13)14)3-4-8(7)12-10(15)16-11/h3-5H,1-2H3,(H,12,15)(H,13,14). The molecule has 1 aliphatic heterocycles. The zero-order valence-corrected chi connectivity index (χ0v) is 8.90. The third-order valence-corrected chi connectivity index (χ3v) is 2.50. The number of amides is 1. The van der Waals surface area contributed by atoms with Gasteiger partial charge in [-0.05, 0) is 32.0 Å². The van der Waals surface area contributed by atoms with Crippen LogP contribution in [0, 0.1) is 0 Å². The lowest BCUT2D eigenvalue weighted by molar-refractivity contribution is 0.0420. The molecule has 84 valence electrons. The van der Waals surface area contributed by atoms with Crippen LogP contribution in [-0.4, -0.2) is 17.2 Å². The zero-order valence-electron chi connectivity index (χ0n) is 8.90. The fourth-order valence-electron chi connectivity index (χ4n) is 1.71. The summed E-state index contributed by atoms with van der Waals surface area (Å²) >= 11 is 0. The Kier molecular flexibility index (Phi) is 2.11. The lowest BCUT2D eigenvalue weighted by atomic mass is 9.93. The van der Waals surface area contributed by atoms with Crippen LogP contribution in [0.25, 0.3) is 0 Å². The Hall–Kier alpha value is -2.04. The molecule has 0 radical (unpaired) electrons. The molecule has 16 heavy (non-hydrogen) atoms. The molecular weight excluding hydrogens is 210 g/mol. The van der Waals surface area contributed by atoms with E-state index in [0.717, 1.165) is 0 Å². The number of nitrogens with one attached hydrogen (secondary N) is 1. The van der Waals surface area contributed by atoms with Crippen molar-refractivity contribution in [2.75, 3.05) is 5.32 Å². The number of hydrogen-bond donors (Lipinski definition) is 2. The summed E-state index contributed by atoms with van der Waals surface area (Å²) in [4.78, 5) is 22.0. The van der Waals surface area contributed by atoms with E-state index in [4.69, 9.17) is 9.84 Å². The predicted octanol–water partition coefficient (Wildman–Crippen LogP) is 2.18. The number of ether oxygens (including phenoxy) is 1. The molecule has 0 aliphatic carbocycles. The largest absolute Gasteiger partial charge is 0.478 e. The molecule has 0 saturated carbocycles. The highest BCUT2D eigenvalue weighted by Gasteiger charge is 2.33. The number of carboxylic acid groups (broad SMARTS) is 1. The average Bonchev–Trinajstić information content (AvgIpc) is 2.15. The Morgan fingerprint density at radius 1 is 1.44 bits per heavy atom. The lowest BCUT2D eigenvalue weighted by Crippen LogP contribution is -2.34. The first kappa shape index (κ1) is 10.5. The minimum atomic E-state index is -1.00. The van der Waals surface area contributed by atoms with Gasteiger partial charge in [0.15, 0.2) is 0 Å². The van der Waals surface area contributed by atoms with E-state index in [9.17, 15) is 9.59 Å². The van der Waals surface area contributed by atoms with Gasteiger partial charge in [-0.25, -0.2) is 9.59 Å². The number of carbonyl (C=O) groups excluding carboxylic acids is 1. The molecule has 5 nitrogen and oxygen atoms in total. The molecule has 0 unspecified atom stereocenters. The van der Waals surface area contributed by atoms with E-state index < -0.39 is 17.7 Å². The molecule has 0 saturated heterocycles. The van der Waals surface area contributed by atoms with E-state index >= 15 is 0 Å². The minimum absolute atomic E-state index is 0.173. The quantitative estimate of drug-likeness (QED) is 0.762. The number of carboxylic acids is 1. The smallest absolute Gasteiger partial charge is 0.412 e. The number of rotatable bonds is 1. The Bertz CT molecular complexity index is 479. The molecule has 1 aliphatic rings. The fraction of sp³-hybridized carbons (Fsp3) is 0.273. The number of benzene rings is 1. The minimum Gasteiger partial charge on any atom is -0.478 e. The molecule has 0 atom stereocenters. The lowest BCUT2D eigenvalue weighted by Gasteiger charge is -2.32. The highest BCUT2D eigenvalue weighted by molar-refractivity contribution is 5.92. The number of aromatic carboxylic acids is 1. The average molecular weight is 221 g/mol. The number of anilines is 1. The normalized spacial score (nSPS) is 17.0. The van der Waals surface area contributed by atoms with Crippen molar-refractivity contribution in [2.24, 2.45) is 0 Å². The van der Waals surface area contributed by atoms with E-state index in [1.165, 1.54) is 12.1 Å². The Balaban J connectivity index is 2.57. The third-order valence-electron chi connectivity index (χ3n) is 2.50. The fourth-order valence-corrected chi connectivity index (χ4v) is 1.71. The van der Waals surface area contributed by atoms with Crippen molar-refractivity contribution < 1.29 is 19.4 Å². The second-order valence-electron chi connectivity index (χ2n) is 4.09. The van der Waals surface area contributed by atoms with Crippen molar-refractivity contribution in [3.63, 3.8) is 0 Å². The maximum Gasteiger partial charge on any atom is 0.412 e. The van der Waals surface area contributed by atoms with Gasteiger partial charge in [-0.1, -0.05) is 0 Å². The molecular formula is C11H11NO4. The molecule has 2 N–H and O–H groups in total. The molecule has 1 aromatic rings. The molecule has 2 rings (SSSR count). The molecule has 0 spiro atoms. The van der Waals surface area contributed by atoms with E-state index in [1.54, 1.807) is 19.9 Å². The summed E-state index contributed by atoms with van der Waals surface area (Å²) in [5.41, 5.74) is 0.605. The summed E-state index contributed by atoms with van der Waals surface area (Å²) in [7, 11) is 0. The second-order valence-corrected chi connectivity index (χ2v) is 4.09. The molecule has 0 aromatic heterocycles. The van der Waals surface area contributed by atoms with Gasteiger partial charge in [-0.15, -0.1) is 0 Å². The summed E-state index contributed by atoms with van der Waals surface area (Å²) in [5, 5.41) is 11.4. The van der Waals surface area contributed by atoms with E-state index in [0.29, 0.717) is 11.3 Å². The van der Waals surface area contributed by atoms with Crippen LogP contribution in [0.2, 0.25) is 0 Å². The van der Waals surface area contributed by atoms with Crippen LogP contribution in [-0.2, 0) is 10.3 Å². The number of fused-ring (bicyclic) bond motifs is 1.